The fourth-order valence-corrected chi connectivity index (χ4v) is 9.65. The van der Waals surface area contributed by atoms with E-state index in [0.717, 1.165) is 56.3 Å². The molecule has 0 aromatic rings. The number of nitrogens with two attached hydrogens (primary N) is 1. The molecular weight excluding hydrogens is 434 g/mol. The number of aliphatic hydroxyl groups is 1. The van der Waals surface area contributed by atoms with Crippen LogP contribution in [-0.4, -0.2) is 22.9 Å². The molecule has 1 amide bonds. The zero-order valence-electron chi connectivity index (χ0n) is 22.7. The number of hydrogen-bond acceptors (Lipinski definition) is 3. The number of fused-ring (bicyclic) bond motifs is 5. The largest absolute Gasteiger partial charge is 0.393 e. The summed E-state index contributed by atoms with van der Waals surface area (Å²) in [4.78, 5) is 23.1. The number of carbonyl (C=O) groups excluding carboxylic acids is 2. The van der Waals surface area contributed by atoms with Crippen molar-refractivity contribution < 1.29 is 14.7 Å². The predicted octanol–water partition coefficient (Wildman–Crippen LogP) is 6.96. The maximum Gasteiger partial charge on any atom is 0.217 e. The van der Waals surface area contributed by atoms with E-state index in [0.29, 0.717) is 29.5 Å². The van der Waals surface area contributed by atoms with Gasteiger partial charge in [0.15, 0.2) is 0 Å². The van der Waals surface area contributed by atoms with Gasteiger partial charge in [0.25, 0.3) is 0 Å². The summed E-state index contributed by atoms with van der Waals surface area (Å²) in [5.41, 5.74) is 5.67. The van der Waals surface area contributed by atoms with Gasteiger partial charge in [-0.15, -0.1) is 0 Å². The molecule has 4 aliphatic rings. The minimum atomic E-state index is -0.170. The number of primary amides is 1. The Kier molecular flexibility index (Phi) is 9.04. The van der Waals surface area contributed by atoms with Gasteiger partial charge in [0.2, 0.25) is 5.91 Å². The number of unbranched alkanes of at least 4 members (excludes halogenated alkanes) is 8. The minimum absolute atomic E-state index is 0.114. The Hall–Kier alpha value is -0.900. The third-order valence-electron chi connectivity index (χ3n) is 11.5. The lowest BCUT2D eigenvalue weighted by atomic mass is 9.42. The van der Waals surface area contributed by atoms with Gasteiger partial charge in [0.05, 0.1) is 6.10 Å². The van der Waals surface area contributed by atoms with Crippen LogP contribution < -0.4 is 5.73 Å². The Morgan fingerprint density at radius 3 is 2.26 bits per heavy atom. The zero-order chi connectivity index (χ0) is 25.1. The Morgan fingerprint density at radius 1 is 0.914 bits per heavy atom. The molecule has 0 aliphatic heterocycles. The van der Waals surface area contributed by atoms with Crippen molar-refractivity contribution in [3.05, 3.63) is 0 Å². The Balaban J connectivity index is 1.28. The number of carbonyl (C=O) groups is 2. The van der Waals surface area contributed by atoms with Crippen molar-refractivity contribution in [1.82, 2.24) is 0 Å². The Bertz CT molecular complexity index is 737. The first-order valence-electron chi connectivity index (χ1n) is 15.2. The van der Waals surface area contributed by atoms with Gasteiger partial charge >= 0.3 is 0 Å². The van der Waals surface area contributed by atoms with Crippen LogP contribution in [0.25, 0.3) is 0 Å². The number of rotatable bonds is 12. The summed E-state index contributed by atoms with van der Waals surface area (Å²) in [6.07, 6.45) is 21.6. The highest BCUT2D eigenvalue weighted by molar-refractivity contribution is 5.79. The molecule has 8 atom stereocenters. The molecule has 0 radical (unpaired) electrons. The maximum absolute atomic E-state index is 12.3. The van der Waals surface area contributed by atoms with E-state index in [1.54, 1.807) is 0 Å². The van der Waals surface area contributed by atoms with Gasteiger partial charge in [-0.1, -0.05) is 71.6 Å². The fourth-order valence-electron chi connectivity index (χ4n) is 9.65. The third-order valence-corrected chi connectivity index (χ3v) is 11.5. The van der Waals surface area contributed by atoms with Gasteiger partial charge < -0.3 is 10.8 Å². The van der Waals surface area contributed by atoms with E-state index in [2.05, 4.69) is 13.8 Å². The molecule has 4 saturated carbocycles. The van der Waals surface area contributed by atoms with Crippen molar-refractivity contribution in [1.29, 1.82) is 0 Å². The van der Waals surface area contributed by atoms with Crippen LogP contribution in [0.1, 0.15) is 136 Å². The molecule has 0 unspecified atom stereocenters. The molecule has 3 N–H and O–H groups in total. The molecule has 200 valence electrons. The molecule has 4 nitrogen and oxygen atoms in total. The van der Waals surface area contributed by atoms with Crippen molar-refractivity contribution in [2.45, 2.75) is 142 Å². The second kappa shape index (κ2) is 11.7. The van der Waals surface area contributed by atoms with Crippen molar-refractivity contribution >= 4 is 11.7 Å². The van der Waals surface area contributed by atoms with Crippen molar-refractivity contribution in [2.75, 3.05) is 0 Å². The number of aliphatic hydroxyl groups excluding tert-OH is 1. The molecule has 0 spiro atoms. The summed E-state index contributed by atoms with van der Waals surface area (Å²) >= 11 is 0. The first-order chi connectivity index (χ1) is 16.8. The molecule has 0 bridgehead atoms. The third kappa shape index (κ3) is 5.83. The van der Waals surface area contributed by atoms with Crippen molar-refractivity contribution in [3.63, 3.8) is 0 Å². The van der Waals surface area contributed by atoms with Crippen LogP contribution in [0.15, 0.2) is 0 Å². The highest BCUT2D eigenvalue weighted by Gasteiger charge is 2.62. The van der Waals surface area contributed by atoms with Gasteiger partial charge in [0.1, 0.15) is 5.78 Å². The van der Waals surface area contributed by atoms with Crippen LogP contribution in [0.3, 0.4) is 0 Å². The SMILES string of the molecule is C[C@]12CCC(=O)C[C@@H]1CC[C@@H]1[C@@H]2[C@@H](CCCCCCCCCCCC(N)=O)C[C@]2(C)[C@@H](O)CC[C@@H]12. The summed E-state index contributed by atoms with van der Waals surface area (Å²) in [6, 6.07) is 0. The van der Waals surface area contributed by atoms with Gasteiger partial charge in [-0.2, -0.15) is 0 Å². The van der Waals surface area contributed by atoms with Crippen LogP contribution >= 0.6 is 0 Å². The molecule has 0 heterocycles. The molecule has 4 aliphatic carbocycles. The topological polar surface area (TPSA) is 80.4 Å². The highest BCUT2D eigenvalue weighted by atomic mass is 16.3. The van der Waals surface area contributed by atoms with Gasteiger partial charge in [-0.3, -0.25) is 9.59 Å². The summed E-state index contributed by atoms with van der Waals surface area (Å²) in [5, 5.41) is 11.0. The summed E-state index contributed by atoms with van der Waals surface area (Å²) < 4.78 is 0. The number of ketones is 1. The van der Waals surface area contributed by atoms with E-state index in [1.165, 1.54) is 77.0 Å². The van der Waals surface area contributed by atoms with Gasteiger partial charge in [-0.25, -0.2) is 0 Å². The lowest BCUT2D eigenvalue weighted by molar-refractivity contribution is -0.159. The molecule has 0 aromatic carbocycles. The first kappa shape index (κ1) is 27.1. The van der Waals surface area contributed by atoms with Gasteiger partial charge in [0, 0.05) is 19.3 Å². The molecule has 4 fully saturated rings. The molecule has 4 heteroatoms. The number of amides is 1. The molecule has 0 saturated heterocycles. The predicted molar refractivity (Wildman–Crippen MR) is 142 cm³/mol. The quantitative estimate of drug-likeness (QED) is 0.292. The van der Waals surface area contributed by atoms with Crippen LogP contribution in [0.4, 0.5) is 0 Å². The van der Waals surface area contributed by atoms with Gasteiger partial charge in [-0.05, 0) is 85.4 Å². The summed E-state index contributed by atoms with van der Waals surface area (Å²) in [5.74, 6) is 3.88. The zero-order valence-corrected chi connectivity index (χ0v) is 22.7. The second-order valence-corrected chi connectivity index (χ2v) is 13.6. The van der Waals surface area contributed by atoms with E-state index in [4.69, 9.17) is 5.73 Å². The summed E-state index contributed by atoms with van der Waals surface area (Å²) in [6.45, 7) is 4.98. The molecule has 35 heavy (non-hydrogen) atoms. The average molecular weight is 488 g/mol. The maximum atomic E-state index is 12.3. The van der Waals surface area contributed by atoms with Crippen LogP contribution in [0.5, 0.6) is 0 Å². The monoisotopic (exact) mass is 487 g/mol. The van der Waals surface area contributed by atoms with Crippen molar-refractivity contribution in [3.8, 4) is 0 Å². The first-order valence-corrected chi connectivity index (χ1v) is 15.2. The fraction of sp³-hybridized carbons (Fsp3) is 0.935. The lowest BCUT2D eigenvalue weighted by Crippen LogP contribution is -2.57. The minimum Gasteiger partial charge on any atom is -0.393 e. The lowest BCUT2D eigenvalue weighted by Gasteiger charge is -2.62. The standard InChI is InChI=1S/C31H53NO3/c1-30-19-18-24(33)20-23(30)14-15-25-26-16-17-27(34)31(26,2)21-22(29(25)30)12-10-8-6-4-3-5-7-9-11-13-28(32)35/h22-23,25-27,29,34H,3-21H2,1-2H3,(H2,32,35)/t22-,23-,25-,26-,27-,29-,30-,31-/m0/s1. The second-order valence-electron chi connectivity index (χ2n) is 13.6. The van der Waals surface area contributed by atoms with Crippen LogP contribution in [0, 0.1) is 40.4 Å². The molecule has 0 aromatic heterocycles. The normalized spacial score (nSPS) is 40.7. The van der Waals surface area contributed by atoms with E-state index in [-0.39, 0.29) is 17.4 Å². The Labute approximate surface area is 214 Å². The highest BCUT2D eigenvalue weighted by Crippen LogP contribution is 2.68. The molecular formula is C31H53NO3. The smallest absolute Gasteiger partial charge is 0.217 e. The summed E-state index contributed by atoms with van der Waals surface area (Å²) in [7, 11) is 0. The number of hydrogen-bond donors (Lipinski definition) is 2. The Morgan fingerprint density at radius 2 is 1.57 bits per heavy atom. The van der Waals surface area contributed by atoms with Crippen molar-refractivity contribution in [2.24, 2.45) is 46.2 Å². The van der Waals surface area contributed by atoms with Crippen LogP contribution in [-0.2, 0) is 9.59 Å². The van der Waals surface area contributed by atoms with E-state index in [9.17, 15) is 14.7 Å². The number of Topliss-reactive ketones (excluding diaryl/α,β-unsaturated/α-hetero) is 1. The van der Waals surface area contributed by atoms with E-state index >= 15 is 0 Å². The van der Waals surface area contributed by atoms with E-state index in [1.807, 2.05) is 0 Å². The van der Waals surface area contributed by atoms with Crippen LogP contribution in [0.2, 0.25) is 0 Å². The molecule has 4 rings (SSSR count). The average Bonchev–Trinajstić information content (AvgIpc) is 3.11. The van der Waals surface area contributed by atoms with E-state index < -0.39 is 0 Å².